The lowest BCUT2D eigenvalue weighted by molar-refractivity contribution is 0.102. The van der Waals surface area contributed by atoms with E-state index in [2.05, 4.69) is 20.5 Å². The summed E-state index contributed by atoms with van der Waals surface area (Å²) >= 11 is 0. The van der Waals surface area contributed by atoms with Crippen molar-refractivity contribution in [3.05, 3.63) is 35.2 Å². The van der Waals surface area contributed by atoms with Crippen molar-refractivity contribution in [2.24, 2.45) is 0 Å². The molecule has 0 fully saturated rings. The van der Waals surface area contributed by atoms with Gasteiger partial charge in [0.15, 0.2) is 0 Å². The van der Waals surface area contributed by atoms with Gasteiger partial charge in [0.25, 0.3) is 5.91 Å². The molecule has 104 valence electrons. The van der Waals surface area contributed by atoms with E-state index >= 15 is 0 Å². The molecule has 2 N–H and O–H groups in total. The monoisotopic (exact) mass is 274 g/mol. The van der Waals surface area contributed by atoms with Crippen LogP contribution in [-0.2, 0) is 0 Å². The molecule has 0 aliphatic heterocycles. The molecule has 1 aromatic heterocycles. The number of hydrogen-bond acceptors (Lipinski definition) is 6. The van der Waals surface area contributed by atoms with Crippen molar-refractivity contribution in [2.45, 2.75) is 13.8 Å². The van der Waals surface area contributed by atoms with Gasteiger partial charge in [0, 0.05) is 0 Å². The molecule has 7 nitrogen and oxygen atoms in total. The van der Waals surface area contributed by atoms with E-state index < -0.39 is 5.91 Å². The van der Waals surface area contributed by atoms with Crippen LogP contribution in [0.15, 0.2) is 18.2 Å². The van der Waals surface area contributed by atoms with Gasteiger partial charge in [-0.3, -0.25) is 10.1 Å². The maximum atomic E-state index is 12.1. The number of phenols is 1. The van der Waals surface area contributed by atoms with Crippen molar-refractivity contribution in [3.63, 3.8) is 0 Å². The summed E-state index contributed by atoms with van der Waals surface area (Å²) in [6, 6.07) is 4.37. The molecule has 0 saturated heterocycles. The Labute approximate surface area is 115 Å². The van der Waals surface area contributed by atoms with E-state index in [4.69, 9.17) is 4.74 Å². The minimum Gasteiger partial charge on any atom is -0.507 e. The predicted octanol–water partition coefficient (Wildman–Crippen LogP) is 1.45. The van der Waals surface area contributed by atoms with Crippen molar-refractivity contribution in [1.29, 1.82) is 0 Å². The highest BCUT2D eigenvalue weighted by Crippen LogP contribution is 2.23. The summed E-state index contributed by atoms with van der Waals surface area (Å²) in [6.45, 7) is 3.54. The Morgan fingerprint density at radius 2 is 2.00 bits per heavy atom. The van der Waals surface area contributed by atoms with Gasteiger partial charge in [-0.15, -0.1) is 5.10 Å². The number of nitrogens with zero attached hydrogens (tertiary/aromatic N) is 3. The standard InChI is InChI=1S/C13H14N4O3/c1-7-8(2)16-17-13(14-7)15-12(19)10-6-9(20-3)4-5-11(10)18/h4-6,18H,1-3H3,(H,14,15,17,19). The van der Waals surface area contributed by atoms with Crippen LogP contribution >= 0.6 is 0 Å². The Balaban J connectivity index is 2.25. The van der Waals surface area contributed by atoms with Gasteiger partial charge in [-0.2, -0.15) is 5.10 Å². The van der Waals surface area contributed by atoms with Crippen LogP contribution in [0.25, 0.3) is 0 Å². The van der Waals surface area contributed by atoms with Crippen LogP contribution in [0.4, 0.5) is 5.95 Å². The van der Waals surface area contributed by atoms with Gasteiger partial charge in [-0.25, -0.2) is 4.98 Å². The van der Waals surface area contributed by atoms with Crippen molar-refractivity contribution in [2.75, 3.05) is 12.4 Å². The average molecular weight is 274 g/mol. The molecule has 0 aliphatic rings. The fourth-order valence-electron chi connectivity index (χ4n) is 1.50. The molecule has 0 saturated carbocycles. The van der Waals surface area contributed by atoms with Gasteiger partial charge >= 0.3 is 0 Å². The van der Waals surface area contributed by atoms with E-state index in [9.17, 15) is 9.90 Å². The number of benzene rings is 1. The van der Waals surface area contributed by atoms with Crippen LogP contribution in [0, 0.1) is 13.8 Å². The summed E-state index contributed by atoms with van der Waals surface area (Å²) in [4.78, 5) is 16.2. The summed E-state index contributed by atoms with van der Waals surface area (Å²) in [5, 5.41) is 19.8. The number of amides is 1. The summed E-state index contributed by atoms with van der Waals surface area (Å²) in [5.41, 5.74) is 1.43. The highest BCUT2D eigenvalue weighted by atomic mass is 16.5. The second-order valence-electron chi connectivity index (χ2n) is 4.14. The molecule has 0 radical (unpaired) electrons. The topological polar surface area (TPSA) is 97.2 Å². The lowest BCUT2D eigenvalue weighted by atomic mass is 10.2. The first-order chi connectivity index (χ1) is 9.51. The number of carbonyl (C=O) groups excluding carboxylic acids is 1. The number of aromatic hydroxyl groups is 1. The summed E-state index contributed by atoms with van der Waals surface area (Å²) < 4.78 is 5.01. The first-order valence-electron chi connectivity index (χ1n) is 5.87. The molecule has 2 rings (SSSR count). The maximum absolute atomic E-state index is 12.1. The molecule has 1 amide bonds. The lowest BCUT2D eigenvalue weighted by Gasteiger charge is -2.08. The van der Waals surface area contributed by atoms with Gasteiger partial charge < -0.3 is 9.84 Å². The third-order valence-corrected chi connectivity index (χ3v) is 2.77. The lowest BCUT2D eigenvalue weighted by Crippen LogP contribution is -2.16. The van der Waals surface area contributed by atoms with Crippen LogP contribution in [-0.4, -0.2) is 33.3 Å². The second-order valence-corrected chi connectivity index (χ2v) is 4.14. The minimum atomic E-state index is -0.536. The first-order valence-corrected chi connectivity index (χ1v) is 5.87. The fraction of sp³-hybridized carbons (Fsp3) is 0.231. The van der Waals surface area contributed by atoms with E-state index in [0.717, 1.165) is 0 Å². The van der Waals surface area contributed by atoms with E-state index in [-0.39, 0.29) is 17.3 Å². The molecular weight excluding hydrogens is 260 g/mol. The highest BCUT2D eigenvalue weighted by Gasteiger charge is 2.14. The van der Waals surface area contributed by atoms with Crippen LogP contribution in [0.3, 0.4) is 0 Å². The summed E-state index contributed by atoms with van der Waals surface area (Å²) in [6.07, 6.45) is 0. The zero-order valence-corrected chi connectivity index (χ0v) is 11.3. The zero-order valence-electron chi connectivity index (χ0n) is 11.3. The van der Waals surface area contributed by atoms with E-state index in [1.807, 2.05) is 0 Å². The fourth-order valence-corrected chi connectivity index (χ4v) is 1.50. The highest BCUT2D eigenvalue weighted by molar-refractivity contribution is 6.05. The number of nitrogens with one attached hydrogen (secondary N) is 1. The molecule has 7 heteroatoms. The molecule has 1 aromatic carbocycles. The Bertz CT molecular complexity index is 658. The quantitative estimate of drug-likeness (QED) is 0.879. The van der Waals surface area contributed by atoms with Gasteiger partial charge in [-0.1, -0.05) is 0 Å². The number of methoxy groups -OCH3 is 1. The molecular formula is C13H14N4O3. The van der Waals surface area contributed by atoms with Crippen molar-refractivity contribution < 1.29 is 14.6 Å². The number of phenolic OH excluding ortho intramolecular Hbond substituents is 1. The second kappa shape index (κ2) is 5.52. The Hall–Kier alpha value is -2.70. The molecule has 0 aliphatic carbocycles. The first kappa shape index (κ1) is 13.7. The maximum Gasteiger partial charge on any atom is 0.261 e. The molecule has 2 aromatic rings. The molecule has 1 heterocycles. The summed E-state index contributed by atoms with van der Waals surface area (Å²) in [5.74, 6) is -0.140. The summed E-state index contributed by atoms with van der Waals surface area (Å²) in [7, 11) is 1.48. The van der Waals surface area contributed by atoms with Crippen LogP contribution in [0.1, 0.15) is 21.7 Å². The molecule has 0 atom stereocenters. The van der Waals surface area contributed by atoms with E-state index in [1.54, 1.807) is 19.9 Å². The molecule has 0 unspecified atom stereocenters. The van der Waals surface area contributed by atoms with E-state index in [0.29, 0.717) is 17.1 Å². The predicted molar refractivity (Wildman–Crippen MR) is 71.9 cm³/mol. The average Bonchev–Trinajstić information content (AvgIpc) is 2.43. The normalized spacial score (nSPS) is 10.2. The van der Waals surface area contributed by atoms with Gasteiger partial charge in [0.05, 0.1) is 24.1 Å². The number of anilines is 1. The number of aryl methyl sites for hydroxylation is 2. The Morgan fingerprint density at radius 3 is 2.65 bits per heavy atom. The minimum absolute atomic E-state index is 0.0752. The third-order valence-electron chi connectivity index (χ3n) is 2.77. The number of rotatable bonds is 3. The molecule has 0 spiro atoms. The molecule has 0 bridgehead atoms. The Kier molecular flexibility index (Phi) is 3.79. The smallest absolute Gasteiger partial charge is 0.261 e. The van der Waals surface area contributed by atoms with Crippen LogP contribution in [0.5, 0.6) is 11.5 Å². The number of carbonyl (C=O) groups is 1. The zero-order chi connectivity index (χ0) is 14.7. The van der Waals surface area contributed by atoms with Gasteiger partial charge in [-0.05, 0) is 32.0 Å². The van der Waals surface area contributed by atoms with Crippen molar-refractivity contribution in [3.8, 4) is 11.5 Å². The van der Waals surface area contributed by atoms with Gasteiger partial charge in [0.1, 0.15) is 11.5 Å². The Morgan fingerprint density at radius 1 is 1.25 bits per heavy atom. The number of hydrogen-bond donors (Lipinski definition) is 2. The largest absolute Gasteiger partial charge is 0.507 e. The molecule has 20 heavy (non-hydrogen) atoms. The number of ether oxygens (including phenoxy) is 1. The van der Waals surface area contributed by atoms with Crippen molar-refractivity contribution >= 4 is 11.9 Å². The van der Waals surface area contributed by atoms with Crippen LogP contribution < -0.4 is 10.1 Å². The SMILES string of the molecule is COc1ccc(O)c(C(=O)Nc2nnc(C)c(C)n2)c1. The number of aromatic nitrogens is 3. The van der Waals surface area contributed by atoms with E-state index in [1.165, 1.54) is 19.2 Å². The van der Waals surface area contributed by atoms with Crippen molar-refractivity contribution in [1.82, 2.24) is 15.2 Å². The van der Waals surface area contributed by atoms with Gasteiger partial charge in [0.2, 0.25) is 5.95 Å². The van der Waals surface area contributed by atoms with Crippen LogP contribution in [0.2, 0.25) is 0 Å². The third kappa shape index (κ3) is 2.82.